The SMILES string of the molecule is FC(F)(F)c1cccc(Cc2cc3cc(I)ccc3nc2Cl)c1. The molecule has 0 unspecified atom stereocenters. The van der Waals surface area contributed by atoms with E-state index in [1.165, 1.54) is 6.07 Å². The molecule has 2 aromatic carbocycles. The standard InChI is InChI=1S/C17H10ClF3IN/c18-16-12(8-11-9-14(22)4-5-15(11)23-16)6-10-2-1-3-13(7-10)17(19,20)21/h1-5,7-9H,6H2. The second kappa shape index (κ2) is 6.28. The summed E-state index contributed by atoms with van der Waals surface area (Å²) in [6.45, 7) is 0. The van der Waals surface area contributed by atoms with Crippen molar-refractivity contribution in [3.8, 4) is 0 Å². The molecule has 0 amide bonds. The summed E-state index contributed by atoms with van der Waals surface area (Å²) in [5, 5.41) is 1.24. The first-order valence-corrected chi connectivity index (χ1v) is 8.19. The molecular formula is C17H10ClF3IN. The zero-order chi connectivity index (χ0) is 16.6. The number of nitrogens with zero attached hydrogens (tertiary/aromatic N) is 1. The minimum Gasteiger partial charge on any atom is -0.236 e. The van der Waals surface area contributed by atoms with E-state index in [2.05, 4.69) is 27.6 Å². The quantitative estimate of drug-likeness (QED) is 0.342. The monoisotopic (exact) mass is 447 g/mol. The van der Waals surface area contributed by atoms with Crippen LogP contribution in [0.4, 0.5) is 13.2 Å². The summed E-state index contributed by atoms with van der Waals surface area (Å²) in [7, 11) is 0. The lowest BCUT2D eigenvalue weighted by Crippen LogP contribution is -2.05. The molecule has 3 aromatic rings. The van der Waals surface area contributed by atoms with E-state index in [4.69, 9.17) is 11.6 Å². The summed E-state index contributed by atoms with van der Waals surface area (Å²) in [6, 6.07) is 12.9. The zero-order valence-corrected chi connectivity index (χ0v) is 14.6. The third kappa shape index (κ3) is 3.77. The normalized spacial score (nSPS) is 11.9. The Morgan fingerprint density at radius 1 is 1.04 bits per heavy atom. The van der Waals surface area contributed by atoms with Crippen molar-refractivity contribution in [2.75, 3.05) is 0 Å². The van der Waals surface area contributed by atoms with Crippen LogP contribution in [0.3, 0.4) is 0 Å². The average Bonchev–Trinajstić information content (AvgIpc) is 2.48. The van der Waals surface area contributed by atoms with E-state index >= 15 is 0 Å². The highest BCUT2D eigenvalue weighted by atomic mass is 127. The molecule has 1 nitrogen and oxygen atoms in total. The minimum atomic E-state index is -4.35. The first-order valence-electron chi connectivity index (χ1n) is 6.74. The van der Waals surface area contributed by atoms with Crippen LogP contribution in [0.5, 0.6) is 0 Å². The molecule has 0 bridgehead atoms. The van der Waals surface area contributed by atoms with E-state index in [1.54, 1.807) is 6.07 Å². The smallest absolute Gasteiger partial charge is 0.236 e. The van der Waals surface area contributed by atoms with Gasteiger partial charge in [-0.25, -0.2) is 4.98 Å². The molecule has 1 heterocycles. The van der Waals surface area contributed by atoms with Gasteiger partial charge >= 0.3 is 6.18 Å². The van der Waals surface area contributed by atoms with Crippen molar-refractivity contribution < 1.29 is 13.2 Å². The number of pyridine rings is 1. The van der Waals surface area contributed by atoms with Gasteiger partial charge in [0, 0.05) is 15.4 Å². The summed E-state index contributed by atoms with van der Waals surface area (Å²) in [5.41, 5.74) is 1.37. The minimum absolute atomic E-state index is 0.303. The molecule has 0 fully saturated rings. The summed E-state index contributed by atoms with van der Waals surface area (Å²) in [5.74, 6) is 0. The largest absolute Gasteiger partial charge is 0.416 e. The lowest BCUT2D eigenvalue weighted by molar-refractivity contribution is -0.137. The summed E-state index contributed by atoms with van der Waals surface area (Å²) < 4.78 is 39.5. The molecule has 0 aliphatic carbocycles. The number of fused-ring (bicyclic) bond motifs is 1. The third-order valence-corrected chi connectivity index (χ3v) is 4.45. The van der Waals surface area contributed by atoms with Crippen LogP contribution in [-0.2, 0) is 12.6 Å². The Hall–Kier alpha value is -1.34. The van der Waals surface area contributed by atoms with Crippen molar-refractivity contribution in [3.05, 3.63) is 73.9 Å². The molecule has 0 N–H and O–H groups in total. The Morgan fingerprint density at radius 3 is 2.57 bits per heavy atom. The number of hydrogen-bond acceptors (Lipinski definition) is 1. The highest BCUT2D eigenvalue weighted by Gasteiger charge is 2.30. The van der Waals surface area contributed by atoms with Gasteiger partial charge in [-0.3, -0.25) is 0 Å². The number of aromatic nitrogens is 1. The van der Waals surface area contributed by atoms with E-state index in [-0.39, 0.29) is 0 Å². The molecule has 1 aromatic heterocycles. The van der Waals surface area contributed by atoms with E-state index in [0.717, 1.165) is 26.6 Å². The van der Waals surface area contributed by atoms with Crippen LogP contribution in [0.2, 0.25) is 5.15 Å². The van der Waals surface area contributed by atoms with Gasteiger partial charge in [0.1, 0.15) is 5.15 Å². The van der Waals surface area contributed by atoms with Gasteiger partial charge in [-0.15, -0.1) is 0 Å². The van der Waals surface area contributed by atoms with Crippen molar-refractivity contribution in [2.24, 2.45) is 0 Å². The summed E-state index contributed by atoms with van der Waals surface area (Å²) in [6.07, 6.45) is -4.05. The van der Waals surface area contributed by atoms with Crippen LogP contribution in [0.1, 0.15) is 16.7 Å². The first kappa shape index (κ1) is 16.5. The van der Waals surface area contributed by atoms with Crippen molar-refractivity contribution in [3.63, 3.8) is 0 Å². The second-order valence-corrected chi connectivity index (χ2v) is 6.75. The van der Waals surface area contributed by atoms with Crippen LogP contribution in [0, 0.1) is 3.57 Å². The molecule has 0 atom stereocenters. The van der Waals surface area contributed by atoms with E-state index in [0.29, 0.717) is 22.7 Å². The van der Waals surface area contributed by atoms with Crippen molar-refractivity contribution in [1.82, 2.24) is 4.98 Å². The van der Waals surface area contributed by atoms with Gasteiger partial charge in [0.05, 0.1) is 11.1 Å². The maximum absolute atomic E-state index is 12.8. The maximum atomic E-state index is 12.8. The molecule has 3 rings (SSSR count). The van der Waals surface area contributed by atoms with Gasteiger partial charge in [-0.2, -0.15) is 13.2 Å². The van der Waals surface area contributed by atoms with Crippen molar-refractivity contribution in [1.29, 1.82) is 0 Å². The molecule has 0 saturated carbocycles. The highest BCUT2D eigenvalue weighted by Crippen LogP contribution is 2.31. The maximum Gasteiger partial charge on any atom is 0.416 e. The van der Waals surface area contributed by atoms with Gasteiger partial charge < -0.3 is 0 Å². The van der Waals surface area contributed by atoms with E-state index in [9.17, 15) is 13.2 Å². The summed E-state index contributed by atoms with van der Waals surface area (Å²) in [4.78, 5) is 4.32. The van der Waals surface area contributed by atoms with Gasteiger partial charge in [0.15, 0.2) is 0 Å². The van der Waals surface area contributed by atoms with E-state index < -0.39 is 11.7 Å². The Balaban J connectivity index is 1.99. The number of hydrogen-bond donors (Lipinski definition) is 0. The molecule has 0 saturated heterocycles. The topological polar surface area (TPSA) is 12.9 Å². The predicted molar refractivity (Wildman–Crippen MR) is 93.7 cm³/mol. The van der Waals surface area contributed by atoms with Gasteiger partial charge in [0.25, 0.3) is 0 Å². The molecule has 118 valence electrons. The summed E-state index contributed by atoms with van der Waals surface area (Å²) >= 11 is 8.39. The highest BCUT2D eigenvalue weighted by molar-refractivity contribution is 14.1. The molecule has 0 radical (unpaired) electrons. The van der Waals surface area contributed by atoms with Crippen molar-refractivity contribution in [2.45, 2.75) is 12.6 Å². The van der Waals surface area contributed by atoms with Crippen LogP contribution < -0.4 is 0 Å². The van der Waals surface area contributed by atoms with Gasteiger partial charge in [-0.1, -0.05) is 29.8 Å². The van der Waals surface area contributed by atoms with Crippen LogP contribution >= 0.6 is 34.2 Å². The predicted octanol–water partition coefficient (Wildman–Crippen LogP) is 6.10. The number of rotatable bonds is 2. The van der Waals surface area contributed by atoms with E-state index in [1.807, 2.05) is 24.3 Å². The average molecular weight is 448 g/mol. The van der Waals surface area contributed by atoms with Crippen LogP contribution in [-0.4, -0.2) is 4.98 Å². The molecule has 23 heavy (non-hydrogen) atoms. The van der Waals surface area contributed by atoms with Crippen LogP contribution in [0.25, 0.3) is 10.9 Å². The number of halogens is 5. The molecule has 0 aliphatic heterocycles. The van der Waals surface area contributed by atoms with Gasteiger partial charge in [0.2, 0.25) is 0 Å². The van der Waals surface area contributed by atoms with Gasteiger partial charge in [-0.05, 0) is 64.0 Å². The lowest BCUT2D eigenvalue weighted by atomic mass is 10.0. The lowest BCUT2D eigenvalue weighted by Gasteiger charge is -2.10. The Morgan fingerprint density at radius 2 is 1.83 bits per heavy atom. The number of benzene rings is 2. The Labute approximate surface area is 149 Å². The Bertz CT molecular complexity index is 877. The fraction of sp³-hybridized carbons (Fsp3) is 0.118. The Kier molecular flexibility index (Phi) is 4.51. The molecule has 0 spiro atoms. The zero-order valence-electron chi connectivity index (χ0n) is 11.7. The molecule has 6 heteroatoms. The fourth-order valence-electron chi connectivity index (χ4n) is 2.37. The first-order chi connectivity index (χ1) is 10.8. The third-order valence-electron chi connectivity index (χ3n) is 3.45. The van der Waals surface area contributed by atoms with Crippen LogP contribution in [0.15, 0.2) is 48.5 Å². The van der Waals surface area contributed by atoms with Crippen molar-refractivity contribution >= 4 is 45.1 Å². The molecule has 0 aliphatic rings. The molecular weight excluding hydrogens is 438 g/mol. The second-order valence-electron chi connectivity index (χ2n) is 5.15. The number of alkyl halides is 3. The fourth-order valence-corrected chi connectivity index (χ4v) is 3.10.